The second-order valence-electron chi connectivity index (χ2n) is 10.6. The van der Waals surface area contributed by atoms with E-state index in [0.717, 1.165) is 40.0 Å². The molecule has 0 aromatic heterocycles. The van der Waals surface area contributed by atoms with Gasteiger partial charge in [-0.1, -0.05) is 66.0 Å². The van der Waals surface area contributed by atoms with E-state index in [9.17, 15) is 18.0 Å². The lowest BCUT2D eigenvalue weighted by Gasteiger charge is -2.33. The van der Waals surface area contributed by atoms with E-state index in [1.54, 1.807) is 41.3 Å². The van der Waals surface area contributed by atoms with Crippen molar-refractivity contribution in [3.05, 3.63) is 88.9 Å². The number of amides is 2. The summed E-state index contributed by atoms with van der Waals surface area (Å²) in [6.07, 6.45) is 4.94. The number of benzene rings is 3. The summed E-state index contributed by atoms with van der Waals surface area (Å²) in [6.45, 7) is 4.03. The van der Waals surface area contributed by atoms with Crippen LogP contribution in [0.1, 0.15) is 51.5 Å². The Hall–Kier alpha value is -3.37. The summed E-state index contributed by atoms with van der Waals surface area (Å²) < 4.78 is 35.5. The van der Waals surface area contributed by atoms with Gasteiger partial charge in [-0.15, -0.1) is 0 Å². The van der Waals surface area contributed by atoms with Crippen molar-refractivity contribution < 1.29 is 22.7 Å². The quantitative estimate of drug-likeness (QED) is 0.229. The van der Waals surface area contributed by atoms with Gasteiger partial charge in [0.25, 0.3) is 10.0 Å². The molecule has 8 nitrogen and oxygen atoms in total. The molecule has 1 fully saturated rings. The lowest BCUT2D eigenvalue weighted by Crippen LogP contribution is -2.54. The van der Waals surface area contributed by atoms with Gasteiger partial charge in [0.05, 0.1) is 17.2 Å². The number of sulfonamides is 1. The van der Waals surface area contributed by atoms with Crippen LogP contribution in [-0.2, 0) is 26.0 Å². The third kappa shape index (κ3) is 8.60. The van der Waals surface area contributed by atoms with E-state index >= 15 is 0 Å². The van der Waals surface area contributed by atoms with Crippen LogP contribution >= 0.6 is 15.9 Å². The van der Waals surface area contributed by atoms with Gasteiger partial charge < -0.3 is 15.0 Å². The summed E-state index contributed by atoms with van der Waals surface area (Å²) in [5, 5.41) is 3.14. The molecular weight excluding hydrogens is 630 g/mol. The van der Waals surface area contributed by atoms with Crippen LogP contribution in [-0.4, -0.2) is 56.9 Å². The predicted octanol–water partition coefficient (Wildman–Crippen LogP) is 5.95. The van der Waals surface area contributed by atoms with E-state index < -0.39 is 28.5 Å². The molecule has 0 aliphatic heterocycles. The second-order valence-corrected chi connectivity index (χ2v) is 13.4. The van der Waals surface area contributed by atoms with E-state index in [4.69, 9.17) is 4.74 Å². The van der Waals surface area contributed by atoms with Crippen molar-refractivity contribution in [1.29, 1.82) is 0 Å². The van der Waals surface area contributed by atoms with Crippen molar-refractivity contribution in [2.75, 3.05) is 24.0 Å². The zero-order chi connectivity index (χ0) is 30.8. The Kier molecular flexibility index (Phi) is 11.6. The first-order chi connectivity index (χ1) is 20.7. The molecule has 230 valence electrons. The molecule has 1 saturated carbocycles. The average molecular weight is 671 g/mol. The van der Waals surface area contributed by atoms with Crippen LogP contribution < -0.4 is 14.4 Å². The molecule has 0 radical (unpaired) electrons. The van der Waals surface area contributed by atoms with E-state index in [1.807, 2.05) is 44.2 Å². The van der Waals surface area contributed by atoms with Crippen LogP contribution in [0.4, 0.5) is 5.69 Å². The van der Waals surface area contributed by atoms with Crippen LogP contribution in [0.2, 0.25) is 0 Å². The minimum atomic E-state index is -4.14. The highest BCUT2D eigenvalue weighted by Crippen LogP contribution is 2.27. The average Bonchev–Trinajstić information content (AvgIpc) is 3.52. The molecule has 1 atom stereocenters. The van der Waals surface area contributed by atoms with Crippen molar-refractivity contribution in [3.8, 4) is 5.75 Å². The number of nitrogens with zero attached hydrogens (tertiary/aromatic N) is 2. The number of hydrogen-bond donors (Lipinski definition) is 1. The molecule has 3 aromatic carbocycles. The minimum Gasteiger partial charge on any atom is -0.494 e. The maximum absolute atomic E-state index is 14.2. The zero-order valence-corrected chi connectivity index (χ0v) is 27.1. The van der Waals surface area contributed by atoms with Crippen molar-refractivity contribution >= 4 is 43.5 Å². The van der Waals surface area contributed by atoms with Crippen LogP contribution in [0.25, 0.3) is 0 Å². The topological polar surface area (TPSA) is 96.0 Å². The molecule has 10 heteroatoms. The van der Waals surface area contributed by atoms with E-state index in [0.29, 0.717) is 30.9 Å². The minimum absolute atomic E-state index is 0.0549. The molecule has 0 saturated heterocycles. The first-order valence-electron chi connectivity index (χ1n) is 14.9. The lowest BCUT2D eigenvalue weighted by molar-refractivity contribution is -0.139. The monoisotopic (exact) mass is 669 g/mol. The third-order valence-electron chi connectivity index (χ3n) is 7.69. The van der Waals surface area contributed by atoms with Crippen molar-refractivity contribution in [1.82, 2.24) is 10.2 Å². The number of rotatable bonds is 14. The standard InChI is InChI=1S/C33H40BrN3O5S/c1-3-31(33(39)35-27-12-8-9-13-27)36(23-22-25-10-6-5-7-11-25)32(38)24-37(28-16-18-29(19-17-28)42-4-2)43(40,41)30-20-14-26(34)15-21-30/h5-7,10-11,14-21,27,31H,3-4,8-9,12-13,22-24H2,1-2H3,(H,35,39). The highest BCUT2D eigenvalue weighted by Gasteiger charge is 2.34. The number of halogens is 1. The summed E-state index contributed by atoms with van der Waals surface area (Å²) in [4.78, 5) is 29.3. The van der Waals surface area contributed by atoms with E-state index in [2.05, 4.69) is 21.2 Å². The number of hydrogen-bond acceptors (Lipinski definition) is 5. The summed E-state index contributed by atoms with van der Waals surface area (Å²) >= 11 is 3.36. The molecule has 1 aliphatic rings. The van der Waals surface area contributed by atoms with Crippen LogP contribution in [0.5, 0.6) is 5.75 Å². The second kappa shape index (κ2) is 15.4. The Morgan fingerprint density at radius 3 is 2.21 bits per heavy atom. The summed E-state index contributed by atoms with van der Waals surface area (Å²) in [7, 11) is -4.14. The maximum Gasteiger partial charge on any atom is 0.264 e. The number of carbonyl (C=O) groups excluding carboxylic acids is 2. The molecule has 0 spiro atoms. The van der Waals surface area contributed by atoms with E-state index in [1.165, 1.54) is 12.1 Å². The molecule has 1 N–H and O–H groups in total. The van der Waals surface area contributed by atoms with Crippen LogP contribution in [0.3, 0.4) is 0 Å². The zero-order valence-electron chi connectivity index (χ0n) is 24.7. The van der Waals surface area contributed by atoms with Crippen molar-refractivity contribution in [3.63, 3.8) is 0 Å². The fraction of sp³-hybridized carbons (Fsp3) is 0.394. The van der Waals surface area contributed by atoms with Crippen molar-refractivity contribution in [2.24, 2.45) is 0 Å². The summed E-state index contributed by atoms with van der Waals surface area (Å²) in [5.41, 5.74) is 1.35. The fourth-order valence-electron chi connectivity index (χ4n) is 5.40. The highest BCUT2D eigenvalue weighted by molar-refractivity contribution is 9.10. The number of carbonyl (C=O) groups is 2. The smallest absolute Gasteiger partial charge is 0.264 e. The molecule has 0 bridgehead atoms. The Morgan fingerprint density at radius 1 is 0.953 bits per heavy atom. The third-order valence-corrected chi connectivity index (χ3v) is 10.0. The van der Waals surface area contributed by atoms with Gasteiger partial charge in [-0.25, -0.2) is 8.42 Å². The predicted molar refractivity (Wildman–Crippen MR) is 173 cm³/mol. The van der Waals surface area contributed by atoms with Gasteiger partial charge in [-0.3, -0.25) is 13.9 Å². The maximum atomic E-state index is 14.2. The van der Waals surface area contributed by atoms with Gasteiger partial charge in [-0.05, 0) is 86.7 Å². The molecule has 4 rings (SSSR count). The molecule has 43 heavy (non-hydrogen) atoms. The number of ether oxygens (including phenoxy) is 1. The highest BCUT2D eigenvalue weighted by atomic mass is 79.9. The van der Waals surface area contributed by atoms with Crippen LogP contribution in [0.15, 0.2) is 88.2 Å². The van der Waals surface area contributed by atoms with Crippen molar-refractivity contribution in [2.45, 2.75) is 69.4 Å². The van der Waals surface area contributed by atoms with Crippen LogP contribution in [0, 0.1) is 0 Å². The molecule has 3 aromatic rings. The van der Waals surface area contributed by atoms with Gasteiger partial charge in [0.15, 0.2) is 0 Å². The SMILES string of the molecule is CCOc1ccc(N(CC(=O)N(CCc2ccccc2)C(CC)C(=O)NC2CCCC2)S(=O)(=O)c2ccc(Br)cc2)cc1. The molecule has 0 heterocycles. The Morgan fingerprint density at radius 2 is 1.60 bits per heavy atom. The first kappa shape index (κ1) is 32.5. The normalized spacial score (nSPS) is 14.2. The van der Waals surface area contributed by atoms with E-state index in [-0.39, 0.29) is 23.4 Å². The molecular formula is C33H40BrN3O5S. The fourth-order valence-corrected chi connectivity index (χ4v) is 7.08. The summed E-state index contributed by atoms with van der Waals surface area (Å²) in [6, 6.07) is 22.1. The van der Waals surface area contributed by atoms with Gasteiger partial charge in [0.1, 0.15) is 18.3 Å². The largest absolute Gasteiger partial charge is 0.494 e. The number of nitrogens with one attached hydrogen (secondary N) is 1. The van der Waals surface area contributed by atoms with Gasteiger partial charge in [0.2, 0.25) is 11.8 Å². The molecule has 1 aliphatic carbocycles. The van der Waals surface area contributed by atoms with Gasteiger partial charge in [-0.2, -0.15) is 0 Å². The van der Waals surface area contributed by atoms with Gasteiger partial charge in [0, 0.05) is 17.1 Å². The summed E-state index contributed by atoms with van der Waals surface area (Å²) in [5.74, 6) is -0.0456. The Labute approximate surface area is 263 Å². The molecule has 2 amide bonds. The number of anilines is 1. The lowest BCUT2D eigenvalue weighted by atomic mass is 10.1. The Balaban J connectivity index is 1.67. The van der Waals surface area contributed by atoms with Gasteiger partial charge >= 0.3 is 0 Å². The first-order valence-corrected chi connectivity index (χ1v) is 17.1. The molecule has 1 unspecified atom stereocenters. The Bertz CT molecular complexity index is 1440.